The van der Waals surface area contributed by atoms with Crippen molar-refractivity contribution in [2.75, 3.05) is 29.7 Å². The highest BCUT2D eigenvalue weighted by atomic mass is 35.5. The molecule has 4 atom stereocenters. The molecule has 0 unspecified atom stereocenters. The largest absolute Gasteiger partial charge is 0.423 e. The van der Waals surface area contributed by atoms with Crippen LogP contribution in [0.3, 0.4) is 0 Å². The number of amides is 1. The number of benzene rings is 2. The standard InChI is InChI=1S/C31H36Cl2N2O3/c1-31-15-14-25-24-10-8-23(20-22(24)6-9-26(25)27(31)11-12-29(36)34-31)38-30(37)13-7-21-4-2-3-5-28(21)35(18-16-32)19-17-33/h2-5,7-8,10,13,20,25-27H,6,9,11-12,14-19H2,1H3,(H,34,36)/b13-7+/t25-,26-,27+,31+/m1/s1. The van der Waals surface area contributed by atoms with Crippen LogP contribution in [0, 0.1) is 11.8 Å². The molecule has 2 fully saturated rings. The molecule has 1 saturated carbocycles. The van der Waals surface area contributed by atoms with Crippen LogP contribution in [-0.4, -0.2) is 42.3 Å². The van der Waals surface area contributed by atoms with Crippen LogP contribution in [0.2, 0.25) is 0 Å². The Morgan fingerprint density at radius 1 is 1.11 bits per heavy atom. The second-order valence-corrected chi connectivity index (χ2v) is 11.8. The lowest BCUT2D eigenvalue weighted by Crippen LogP contribution is -2.60. The zero-order valence-electron chi connectivity index (χ0n) is 21.9. The number of nitrogens with zero attached hydrogens (tertiary/aromatic N) is 1. The van der Waals surface area contributed by atoms with Gasteiger partial charge in [-0.15, -0.1) is 23.2 Å². The molecule has 5 nitrogen and oxygen atoms in total. The fourth-order valence-corrected chi connectivity index (χ4v) is 7.49. The van der Waals surface area contributed by atoms with Gasteiger partial charge in [0.1, 0.15) is 5.75 Å². The molecule has 0 spiro atoms. The molecule has 0 radical (unpaired) electrons. The quantitative estimate of drug-likeness (QED) is 0.179. The summed E-state index contributed by atoms with van der Waals surface area (Å²) >= 11 is 12.0. The van der Waals surface area contributed by atoms with Crippen LogP contribution < -0.4 is 15.0 Å². The SMILES string of the molecule is C[C@]12CC[C@@H]3c4ccc(OC(=O)/C=C/c5ccccc5N(CCCl)CCCl)cc4CC[C@H]3[C@@H]1CCC(=O)N2. The second-order valence-electron chi connectivity index (χ2n) is 11.0. The van der Waals surface area contributed by atoms with Gasteiger partial charge in [0.15, 0.2) is 0 Å². The molecule has 2 aromatic rings. The third-order valence-electron chi connectivity index (χ3n) is 8.80. The topological polar surface area (TPSA) is 58.6 Å². The molecule has 3 aliphatic rings. The van der Waals surface area contributed by atoms with Crippen molar-refractivity contribution in [2.24, 2.45) is 11.8 Å². The summed E-state index contributed by atoms with van der Waals surface area (Å²) in [6.45, 7) is 3.59. The number of halogens is 2. The minimum Gasteiger partial charge on any atom is -0.423 e. The first-order valence-corrected chi connectivity index (χ1v) is 14.8. The average molecular weight is 556 g/mol. The zero-order chi connectivity index (χ0) is 26.7. The molecule has 1 N–H and O–H groups in total. The molecule has 7 heteroatoms. The second kappa shape index (κ2) is 11.7. The van der Waals surface area contributed by atoms with Gasteiger partial charge in [-0.2, -0.15) is 0 Å². The number of alkyl halides is 2. The molecule has 0 aromatic heterocycles. The first-order valence-electron chi connectivity index (χ1n) is 13.7. The number of esters is 1. The van der Waals surface area contributed by atoms with E-state index in [9.17, 15) is 9.59 Å². The van der Waals surface area contributed by atoms with Gasteiger partial charge in [0, 0.05) is 48.6 Å². The van der Waals surface area contributed by atoms with Gasteiger partial charge in [-0.25, -0.2) is 4.79 Å². The van der Waals surface area contributed by atoms with Crippen molar-refractivity contribution in [3.05, 3.63) is 65.2 Å². The van der Waals surface area contributed by atoms with E-state index in [-0.39, 0.29) is 11.4 Å². The summed E-state index contributed by atoms with van der Waals surface area (Å²) in [5.41, 5.74) is 4.51. The Kier molecular flexibility index (Phi) is 8.35. The molecule has 38 heavy (non-hydrogen) atoms. The Morgan fingerprint density at radius 3 is 2.68 bits per heavy atom. The number of fused-ring (bicyclic) bond motifs is 5. The highest BCUT2D eigenvalue weighted by molar-refractivity contribution is 6.18. The van der Waals surface area contributed by atoms with Crippen molar-refractivity contribution < 1.29 is 14.3 Å². The number of para-hydroxylation sites is 1. The maximum absolute atomic E-state index is 12.7. The van der Waals surface area contributed by atoms with Crippen LogP contribution in [-0.2, 0) is 16.0 Å². The van der Waals surface area contributed by atoms with E-state index in [1.54, 1.807) is 6.08 Å². The van der Waals surface area contributed by atoms with E-state index >= 15 is 0 Å². The van der Waals surface area contributed by atoms with Crippen LogP contribution >= 0.6 is 23.2 Å². The summed E-state index contributed by atoms with van der Waals surface area (Å²) in [7, 11) is 0. The molecular weight excluding hydrogens is 519 g/mol. The van der Waals surface area contributed by atoms with Gasteiger partial charge in [0.05, 0.1) is 0 Å². The van der Waals surface area contributed by atoms with Crippen LogP contribution in [0.25, 0.3) is 6.08 Å². The summed E-state index contributed by atoms with van der Waals surface area (Å²) in [6, 6.07) is 14.0. The number of aryl methyl sites for hydroxylation is 1. The molecule has 202 valence electrons. The number of anilines is 1. The first kappa shape index (κ1) is 27.1. The number of hydrogen-bond acceptors (Lipinski definition) is 4. The maximum atomic E-state index is 12.7. The van der Waals surface area contributed by atoms with Crippen molar-refractivity contribution in [3.63, 3.8) is 0 Å². The van der Waals surface area contributed by atoms with Crippen LogP contribution in [0.5, 0.6) is 5.75 Å². The lowest BCUT2D eigenvalue weighted by atomic mass is 9.55. The van der Waals surface area contributed by atoms with E-state index in [2.05, 4.69) is 23.2 Å². The summed E-state index contributed by atoms with van der Waals surface area (Å²) in [6.07, 6.45) is 9.08. The summed E-state index contributed by atoms with van der Waals surface area (Å²) < 4.78 is 5.72. The van der Waals surface area contributed by atoms with E-state index in [0.717, 1.165) is 43.4 Å². The molecule has 1 saturated heterocycles. The molecule has 2 aromatic carbocycles. The van der Waals surface area contributed by atoms with Gasteiger partial charge in [0.2, 0.25) is 5.91 Å². The lowest BCUT2D eigenvalue weighted by Gasteiger charge is -2.54. The van der Waals surface area contributed by atoms with Crippen molar-refractivity contribution in [2.45, 2.75) is 56.9 Å². The van der Waals surface area contributed by atoms with Crippen molar-refractivity contribution >= 4 is 46.8 Å². The van der Waals surface area contributed by atoms with E-state index in [1.165, 1.54) is 17.2 Å². The molecule has 5 rings (SSSR count). The number of hydrogen-bond donors (Lipinski definition) is 1. The molecular formula is C31H36Cl2N2O3. The normalized spacial score (nSPS) is 26.2. The van der Waals surface area contributed by atoms with Crippen molar-refractivity contribution in [1.82, 2.24) is 5.32 Å². The first-order chi connectivity index (χ1) is 18.4. The molecule has 2 aliphatic carbocycles. The Hall–Kier alpha value is -2.50. The third kappa shape index (κ3) is 5.60. The van der Waals surface area contributed by atoms with E-state index in [4.69, 9.17) is 27.9 Å². The van der Waals surface area contributed by atoms with E-state index in [1.807, 2.05) is 36.4 Å². The zero-order valence-corrected chi connectivity index (χ0v) is 23.4. The van der Waals surface area contributed by atoms with Crippen molar-refractivity contribution in [1.29, 1.82) is 0 Å². The predicted octanol–water partition coefficient (Wildman–Crippen LogP) is 6.31. The minimum absolute atomic E-state index is 0.0700. The fraction of sp³-hybridized carbons (Fsp3) is 0.484. The Bertz CT molecular complexity index is 1210. The molecule has 1 aliphatic heterocycles. The number of rotatable bonds is 8. The van der Waals surface area contributed by atoms with Gasteiger partial charge >= 0.3 is 5.97 Å². The molecule has 1 amide bonds. The number of nitrogens with one attached hydrogen (secondary N) is 1. The maximum Gasteiger partial charge on any atom is 0.336 e. The smallest absolute Gasteiger partial charge is 0.336 e. The summed E-state index contributed by atoms with van der Waals surface area (Å²) in [5, 5.41) is 3.31. The van der Waals surface area contributed by atoms with Gasteiger partial charge in [-0.05, 0) is 97.7 Å². The Balaban J connectivity index is 1.27. The number of piperidine rings is 1. The van der Waals surface area contributed by atoms with Crippen LogP contribution in [0.15, 0.2) is 48.5 Å². The summed E-state index contributed by atoms with van der Waals surface area (Å²) in [4.78, 5) is 26.9. The predicted molar refractivity (Wildman–Crippen MR) is 154 cm³/mol. The molecule has 0 bridgehead atoms. The minimum atomic E-state index is -0.402. The van der Waals surface area contributed by atoms with Crippen LogP contribution in [0.1, 0.15) is 61.6 Å². The Morgan fingerprint density at radius 2 is 1.89 bits per heavy atom. The lowest BCUT2D eigenvalue weighted by molar-refractivity contribution is -0.130. The average Bonchev–Trinajstić information content (AvgIpc) is 2.91. The monoisotopic (exact) mass is 554 g/mol. The fourth-order valence-electron chi connectivity index (χ4n) is 7.08. The number of carbonyl (C=O) groups excluding carboxylic acids is 2. The van der Waals surface area contributed by atoms with Gasteiger partial charge in [0.25, 0.3) is 0 Å². The van der Waals surface area contributed by atoms with E-state index in [0.29, 0.717) is 54.8 Å². The van der Waals surface area contributed by atoms with Gasteiger partial charge in [-0.1, -0.05) is 24.3 Å². The van der Waals surface area contributed by atoms with Crippen LogP contribution in [0.4, 0.5) is 5.69 Å². The highest BCUT2D eigenvalue weighted by Crippen LogP contribution is 2.53. The molecule has 1 heterocycles. The number of carbonyl (C=O) groups is 2. The Labute approximate surface area is 235 Å². The highest BCUT2D eigenvalue weighted by Gasteiger charge is 2.50. The van der Waals surface area contributed by atoms with Gasteiger partial charge < -0.3 is 15.0 Å². The van der Waals surface area contributed by atoms with E-state index < -0.39 is 5.97 Å². The van der Waals surface area contributed by atoms with Crippen molar-refractivity contribution in [3.8, 4) is 5.75 Å². The van der Waals surface area contributed by atoms with Gasteiger partial charge in [-0.3, -0.25) is 4.79 Å². The number of ether oxygens (including phenoxy) is 1. The summed E-state index contributed by atoms with van der Waals surface area (Å²) in [5.74, 6) is 3.00. The third-order valence-corrected chi connectivity index (χ3v) is 9.14.